The zero-order chi connectivity index (χ0) is 8.43. The average molecular weight is 166 g/mol. The Labute approximate surface area is 70.3 Å². The van der Waals surface area contributed by atoms with E-state index in [1.807, 2.05) is 13.8 Å². The van der Waals surface area contributed by atoms with Crippen LogP contribution in [0.3, 0.4) is 0 Å². The van der Waals surface area contributed by atoms with Gasteiger partial charge in [-0.25, -0.2) is 4.98 Å². The van der Waals surface area contributed by atoms with Crippen molar-refractivity contribution in [3.8, 4) is 0 Å². The van der Waals surface area contributed by atoms with E-state index >= 15 is 0 Å². The molecule has 0 fully saturated rings. The molecule has 1 rings (SSSR count). The maximum absolute atomic E-state index is 4.27. The van der Waals surface area contributed by atoms with Crippen LogP contribution in [0.2, 0.25) is 0 Å². The van der Waals surface area contributed by atoms with Crippen LogP contribution in [-0.2, 0) is 0 Å². The normalized spacial score (nSPS) is 9.64. The number of aliphatic imine (C=N–C) groups is 1. The highest BCUT2D eigenvalue weighted by atomic mass is 32.1. The fourth-order valence-corrected chi connectivity index (χ4v) is 1.71. The van der Waals surface area contributed by atoms with E-state index in [0.717, 1.165) is 15.6 Å². The summed E-state index contributed by atoms with van der Waals surface area (Å²) >= 11 is 1.65. The molecule has 0 N–H and O–H groups in total. The zero-order valence-electron chi connectivity index (χ0n) is 6.72. The van der Waals surface area contributed by atoms with Crippen molar-refractivity contribution < 1.29 is 0 Å². The van der Waals surface area contributed by atoms with Gasteiger partial charge in [-0.05, 0) is 20.6 Å². The molecule has 0 saturated heterocycles. The lowest BCUT2D eigenvalue weighted by Crippen LogP contribution is -1.81. The van der Waals surface area contributed by atoms with E-state index in [4.69, 9.17) is 0 Å². The van der Waals surface area contributed by atoms with Crippen molar-refractivity contribution in [2.45, 2.75) is 13.8 Å². The Morgan fingerprint density at radius 2 is 2.18 bits per heavy atom. The van der Waals surface area contributed by atoms with Gasteiger partial charge >= 0.3 is 0 Å². The first kappa shape index (κ1) is 8.14. The van der Waals surface area contributed by atoms with E-state index in [-0.39, 0.29) is 0 Å². The Kier molecular flexibility index (Phi) is 2.19. The highest BCUT2D eigenvalue weighted by Gasteiger charge is 2.05. The minimum Gasteiger partial charge on any atom is -0.263 e. The number of hydrogen-bond acceptors (Lipinski definition) is 3. The summed E-state index contributed by atoms with van der Waals surface area (Å²) in [6.07, 6.45) is 0. The Bertz CT molecular complexity index is 299. The second-order valence-electron chi connectivity index (χ2n) is 2.24. The third-order valence-electron chi connectivity index (χ3n) is 1.37. The van der Waals surface area contributed by atoms with Gasteiger partial charge in [-0.1, -0.05) is 6.58 Å². The zero-order valence-corrected chi connectivity index (χ0v) is 7.53. The molecular formula is C8H10N2S. The van der Waals surface area contributed by atoms with Crippen molar-refractivity contribution in [2.24, 2.45) is 4.99 Å². The predicted octanol–water partition coefficient (Wildman–Crippen LogP) is 2.43. The molecule has 0 aliphatic heterocycles. The fraction of sp³-hybridized carbons (Fsp3) is 0.250. The van der Waals surface area contributed by atoms with Crippen LogP contribution in [0.25, 0.3) is 5.70 Å². The molecule has 0 aromatic carbocycles. The summed E-state index contributed by atoms with van der Waals surface area (Å²) in [5.41, 5.74) is 1.54. The molecule has 0 radical (unpaired) electrons. The van der Waals surface area contributed by atoms with Gasteiger partial charge in [0.2, 0.25) is 0 Å². The van der Waals surface area contributed by atoms with Crippen molar-refractivity contribution in [3.63, 3.8) is 0 Å². The standard InChI is InChI=1S/C8H10N2S/c1-5(9-4)8-6(2)11-7(3)10-8/h1,4H2,2-3H3. The first-order valence-electron chi connectivity index (χ1n) is 3.25. The summed E-state index contributed by atoms with van der Waals surface area (Å²) in [7, 11) is 0. The molecule has 0 unspecified atom stereocenters. The van der Waals surface area contributed by atoms with Crippen molar-refractivity contribution in [1.29, 1.82) is 0 Å². The number of aromatic nitrogens is 1. The molecule has 0 amide bonds. The van der Waals surface area contributed by atoms with Gasteiger partial charge in [0.1, 0.15) is 5.69 Å². The number of hydrogen-bond donors (Lipinski definition) is 0. The largest absolute Gasteiger partial charge is 0.263 e. The van der Waals surface area contributed by atoms with Crippen molar-refractivity contribution >= 4 is 23.8 Å². The molecule has 1 aromatic rings. The second kappa shape index (κ2) is 2.96. The fourth-order valence-electron chi connectivity index (χ4n) is 0.871. The van der Waals surface area contributed by atoms with E-state index in [2.05, 4.69) is 23.3 Å². The van der Waals surface area contributed by atoms with Crippen LogP contribution >= 0.6 is 11.3 Å². The molecule has 0 atom stereocenters. The Balaban J connectivity index is 3.12. The van der Waals surface area contributed by atoms with Crippen LogP contribution in [0.1, 0.15) is 15.6 Å². The van der Waals surface area contributed by atoms with E-state index in [0.29, 0.717) is 5.70 Å². The Morgan fingerprint density at radius 3 is 2.55 bits per heavy atom. The predicted molar refractivity (Wildman–Crippen MR) is 50.2 cm³/mol. The van der Waals surface area contributed by atoms with Crippen LogP contribution in [0.5, 0.6) is 0 Å². The molecule has 0 aliphatic rings. The van der Waals surface area contributed by atoms with Gasteiger partial charge in [0.25, 0.3) is 0 Å². The van der Waals surface area contributed by atoms with Gasteiger partial charge in [0.05, 0.1) is 10.7 Å². The van der Waals surface area contributed by atoms with E-state index in [1.54, 1.807) is 11.3 Å². The number of nitrogens with zero attached hydrogens (tertiary/aromatic N) is 2. The van der Waals surface area contributed by atoms with E-state index in [1.165, 1.54) is 0 Å². The third kappa shape index (κ3) is 1.54. The number of rotatable bonds is 2. The summed E-state index contributed by atoms with van der Waals surface area (Å²) in [4.78, 5) is 9.15. The minimum absolute atomic E-state index is 0.659. The van der Waals surface area contributed by atoms with E-state index in [9.17, 15) is 0 Å². The molecule has 2 nitrogen and oxygen atoms in total. The van der Waals surface area contributed by atoms with Crippen LogP contribution < -0.4 is 0 Å². The van der Waals surface area contributed by atoms with Crippen molar-refractivity contribution in [2.75, 3.05) is 0 Å². The molecule has 0 saturated carbocycles. The monoisotopic (exact) mass is 166 g/mol. The highest BCUT2D eigenvalue weighted by Crippen LogP contribution is 2.22. The summed E-state index contributed by atoms with van der Waals surface area (Å²) in [5.74, 6) is 0. The molecule has 0 aliphatic carbocycles. The van der Waals surface area contributed by atoms with E-state index < -0.39 is 0 Å². The third-order valence-corrected chi connectivity index (χ3v) is 2.25. The van der Waals surface area contributed by atoms with Crippen LogP contribution in [0.15, 0.2) is 11.6 Å². The Hall–Kier alpha value is -0.960. The minimum atomic E-state index is 0.659. The lowest BCUT2D eigenvalue weighted by Gasteiger charge is -1.92. The van der Waals surface area contributed by atoms with Gasteiger partial charge in [-0.3, -0.25) is 4.99 Å². The summed E-state index contributed by atoms with van der Waals surface area (Å²) < 4.78 is 0. The lowest BCUT2D eigenvalue weighted by atomic mass is 10.3. The first-order valence-corrected chi connectivity index (χ1v) is 4.07. The molecule has 3 heteroatoms. The smallest absolute Gasteiger partial charge is 0.102 e. The summed E-state index contributed by atoms with van der Waals surface area (Å²) in [6, 6.07) is 0. The van der Waals surface area contributed by atoms with Gasteiger partial charge in [-0.2, -0.15) is 0 Å². The average Bonchev–Trinajstić information content (AvgIpc) is 2.28. The molecular weight excluding hydrogens is 156 g/mol. The second-order valence-corrected chi connectivity index (χ2v) is 3.65. The lowest BCUT2D eigenvalue weighted by molar-refractivity contribution is 1.23. The molecule has 0 spiro atoms. The van der Waals surface area contributed by atoms with Gasteiger partial charge in [0, 0.05) is 4.88 Å². The van der Waals surface area contributed by atoms with Crippen LogP contribution in [-0.4, -0.2) is 11.7 Å². The number of aryl methyl sites for hydroxylation is 2. The molecule has 1 aromatic heterocycles. The van der Waals surface area contributed by atoms with Crippen LogP contribution in [0, 0.1) is 13.8 Å². The SMILES string of the molecule is C=NC(=C)c1nc(C)sc1C. The van der Waals surface area contributed by atoms with Gasteiger partial charge < -0.3 is 0 Å². The maximum Gasteiger partial charge on any atom is 0.102 e. The molecule has 11 heavy (non-hydrogen) atoms. The molecule has 1 heterocycles. The van der Waals surface area contributed by atoms with Crippen LogP contribution in [0.4, 0.5) is 0 Å². The Morgan fingerprint density at radius 1 is 1.55 bits per heavy atom. The summed E-state index contributed by atoms with van der Waals surface area (Å²) in [6.45, 7) is 11.1. The van der Waals surface area contributed by atoms with Crippen molar-refractivity contribution in [1.82, 2.24) is 4.98 Å². The topological polar surface area (TPSA) is 25.2 Å². The summed E-state index contributed by atoms with van der Waals surface area (Å²) in [5, 5.41) is 1.04. The molecule has 0 bridgehead atoms. The maximum atomic E-state index is 4.27. The quantitative estimate of drug-likeness (QED) is 0.619. The molecule has 58 valence electrons. The van der Waals surface area contributed by atoms with Crippen molar-refractivity contribution in [3.05, 3.63) is 22.2 Å². The van der Waals surface area contributed by atoms with Gasteiger partial charge in [0.15, 0.2) is 0 Å². The first-order chi connectivity index (χ1) is 5.15. The highest BCUT2D eigenvalue weighted by molar-refractivity contribution is 7.11. The van der Waals surface area contributed by atoms with Gasteiger partial charge in [-0.15, -0.1) is 11.3 Å². The number of thiazole rings is 1.